The normalized spacial score (nSPS) is 11.7. The number of hydrogen-bond acceptors (Lipinski definition) is 3. The maximum atomic E-state index is 5.64. The van der Waals surface area contributed by atoms with E-state index in [2.05, 4.69) is 31.6 Å². The van der Waals surface area contributed by atoms with Crippen LogP contribution < -0.4 is 11.1 Å². The lowest BCUT2D eigenvalue weighted by molar-refractivity contribution is 0.204. The lowest BCUT2D eigenvalue weighted by atomic mass is 10.3. The highest BCUT2D eigenvalue weighted by Gasteiger charge is 1.96. The van der Waals surface area contributed by atoms with Crippen LogP contribution in [0.25, 0.3) is 0 Å². The van der Waals surface area contributed by atoms with Gasteiger partial charge in [0.15, 0.2) is 5.96 Å². The highest BCUT2D eigenvalue weighted by atomic mass is 79.9. The molecule has 84 valence electrons. The maximum absolute atomic E-state index is 5.64. The van der Waals surface area contributed by atoms with Crippen molar-refractivity contribution < 1.29 is 4.74 Å². The van der Waals surface area contributed by atoms with Crippen LogP contribution in [0.2, 0.25) is 0 Å². The van der Waals surface area contributed by atoms with E-state index in [0.717, 1.165) is 9.35 Å². The highest BCUT2D eigenvalue weighted by molar-refractivity contribution is 9.11. The molecule has 1 heterocycles. The molecule has 4 nitrogen and oxygen atoms in total. The number of aliphatic imine (C=N–C) groups is 1. The van der Waals surface area contributed by atoms with Crippen molar-refractivity contribution >= 4 is 33.2 Å². The van der Waals surface area contributed by atoms with E-state index < -0.39 is 0 Å². The molecule has 0 bridgehead atoms. The van der Waals surface area contributed by atoms with E-state index >= 15 is 0 Å². The third-order valence-electron chi connectivity index (χ3n) is 1.67. The minimum Gasteiger partial charge on any atom is -0.383 e. The number of methoxy groups -OCH3 is 1. The summed E-state index contributed by atoms with van der Waals surface area (Å²) >= 11 is 5.04. The smallest absolute Gasteiger partial charge is 0.188 e. The Kier molecular flexibility index (Phi) is 5.67. The van der Waals surface area contributed by atoms with E-state index in [0.29, 0.717) is 25.7 Å². The third-order valence-corrected chi connectivity index (χ3v) is 3.22. The first-order valence-corrected chi connectivity index (χ1v) is 6.15. The van der Waals surface area contributed by atoms with Gasteiger partial charge in [0.25, 0.3) is 0 Å². The summed E-state index contributed by atoms with van der Waals surface area (Å²) in [7, 11) is 1.65. The van der Waals surface area contributed by atoms with Gasteiger partial charge in [-0.25, -0.2) is 4.99 Å². The molecule has 0 saturated carbocycles. The Balaban J connectivity index is 2.30. The van der Waals surface area contributed by atoms with Crippen LogP contribution in [0.5, 0.6) is 0 Å². The highest BCUT2D eigenvalue weighted by Crippen LogP contribution is 2.20. The third kappa shape index (κ3) is 5.15. The number of nitrogens with one attached hydrogen (secondary N) is 1. The first kappa shape index (κ1) is 12.5. The Hall–Kier alpha value is -0.590. The number of guanidine groups is 1. The summed E-state index contributed by atoms with van der Waals surface area (Å²) in [6, 6.07) is 2.04. The van der Waals surface area contributed by atoms with Crippen molar-refractivity contribution in [2.24, 2.45) is 10.7 Å². The molecule has 1 aromatic heterocycles. The standard InChI is InChI=1S/C9H14BrN3OS/c1-14-3-2-12-9(11)13-5-7-4-8(10)15-6-7/h4,6H,2-3,5H2,1H3,(H3,11,12,13). The number of hydrogen-bond donors (Lipinski definition) is 2. The molecular weight excluding hydrogens is 278 g/mol. The summed E-state index contributed by atoms with van der Waals surface area (Å²) in [5.74, 6) is 0.453. The maximum Gasteiger partial charge on any atom is 0.188 e. The zero-order valence-corrected chi connectivity index (χ0v) is 10.9. The number of halogens is 1. The average molecular weight is 292 g/mol. The quantitative estimate of drug-likeness (QED) is 0.492. The summed E-state index contributed by atoms with van der Waals surface area (Å²) < 4.78 is 5.99. The summed E-state index contributed by atoms with van der Waals surface area (Å²) in [5.41, 5.74) is 6.80. The molecule has 0 unspecified atom stereocenters. The molecule has 3 N–H and O–H groups in total. The van der Waals surface area contributed by atoms with Crippen LogP contribution in [0, 0.1) is 0 Å². The van der Waals surface area contributed by atoms with Crippen LogP contribution in [0.4, 0.5) is 0 Å². The number of nitrogens with two attached hydrogens (primary N) is 1. The molecule has 1 rings (SSSR count). The lowest BCUT2D eigenvalue weighted by Gasteiger charge is -2.03. The van der Waals surface area contributed by atoms with Gasteiger partial charge in [-0.05, 0) is 32.9 Å². The first-order valence-electron chi connectivity index (χ1n) is 4.48. The fourth-order valence-corrected chi connectivity index (χ4v) is 2.14. The van der Waals surface area contributed by atoms with Gasteiger partial charge in [0, 0.05) is 13.7 Å². The SMILES string of the molecule is COCCNC(N)=NCc1csc(Br)c1. The summed E-state index contributed by atoms with van der Waals surface area (Å²) in [6.07, 6.45) is 0. The van der Waals surface area contributed by atoms with Gasteiger partial charge in [0.2, 0.25) is 0 Å². The molecular formula is C9H14BrN3OS. The van der Waals surface area contributed by atoms with Gasteiger partial charge in [0.05, 0.1) is 16.9 Å². The lowest BCUT2D eigenvalue weighted by Crippen LogP contribution is -2.34. The topological polar surface area (TPSA) is 59.6 Å². The van der Waals surface area contributed by atoms with Gasteiger partial charge in [-0.15, -0.1) is 11.3 Å². The Bertz CT molecular complexity index is 327. The molecule has 0 aliphatic carbocycles. The van der Waals surface area contributed by atoms with Crippen molar-refractivity contribution in [2.75, 3.05) is 20.3 Å². The molecule has 0 aliphatic rings. The molecule has 0 atom stereocenters. The monoisotopic (exact) mass is 291 g/mol. The molecule has 0 aliphatic heterocycles. The fourth-order valence-electron chi connectivity index (χ4n) is 0.942. The molecule has 1 aromatic rings. The van der Waals surface area contributed by atoms with Gasteiger partial charge in [-0.1, -0.05) is 0 Å². The Labute approximate surface area is 102 Å². The van der Waals surface area contributed by atoms with E-state index in [1.165, 1.54) is 0 Å². The summed E-state index contributed by atoms with van der Waals surface area (Å²) in [5, 5.41) is 5.01. The molecule has 0 saturated heterocycles. The van der Waals surface area contributed by atoms with Crippen LogP contribution in [-0.2, 0) is 11.3 Å². The largest absolute Gasteiger partial charge is 0.383 e. The van der Waals surface area contributed by atoms with Crippen molar-refractivity contribution in [3.8, 4) is 0 Å². The van der Waals surface area contributed by atoms with Crippen LogP contribution in [-0.4, -0.2) is 26.2 Å². The van der Waals surface area contributed by atoms with Crippen molar-refractivity contribution in [3.63, 3.8) is 0 Å². The van der Waals surface area contributed by atoms with E-state index in [-0.39, 0.29) is 0 Å². The molecule has 15 heavy (non-hydrogen) atoms. The fraction of sp³-hybridized carbons (Fsp3) is 0.444. The van der Waals surface area contributed by atoms with Crippen LogP contribution in [0.3, 0.4) is 0 Å². The summed E-state index contributed by atoms with van der Waals surface area (Å²) in [6.45, 7) is 1.91. The van der Waals surface area contributed by atoms with E-state index in [9.17, 15) is 0 Å². The van der Waals surface area contributed by atoms with E-state index in [1.807, 2.05) is 6.07 Å². The van der Waals surface area contributed by atoms with Crippen molar-refractivity contribution in [1.29, 1.82) is 0 Å². The Morgan fingerprint density at radius 1 is 1.73 bits per heavy atom. The number of nitrogens with zero attached hydrogens (tertiary/aromatic N) is 1. The van der Waals surface area contributed by atoms with Crippen molar-refractivity contribution in [1.82, 2.24) is 5.32 Å². The van der Waals surface area contributed by atoms with Crippen molar-refractivity contribution in [2.45, 2.75) is 6.54 Å². The molecule has 0 radical (unpaired) electrons. The molecule has 0 aromatic carbocycles. The number of thiophene rings is 1. The molecule has 0 fully saturated rings. The molecule has 0 spiro atoms. The molecule has 0 amide bonds. The predicted molar refractivity (Wildman–Crippen MR) is 67.2 cm³/mol. The predicted octanol–water partition coefficient (Wildman–Crippen LogP) is 1.56. The number of rotatable bonds is 5. The van der Waals surface area contributed by atoms with Crippen LogP contribution in [0.1, 0.15) is 5.56 Å². The minimum atomic E-state index is 0.453. The first-order chi connectivity index (χ1) is 7.22. The summed E-state index contributed by atoms with van der Waals surface area (Å²) in [4.78, 5) is 4.19. The van der Waals surface area contributed by atoms with Gasteiger partial charge in [-0.2, -0.15) is 0 Å². The van der Waals surface area contributed by atoms with Crippen LogP contribution in [0.15, 0.2) is 20.2 Å². The number of ether oxygens (including phenoxy) is 1. The van der Waals surface area contributed by atoms with Gasteiger partial charge >= 0.3 is 0 Å². The Morgan fingerprint density at radius 3 is 3.13 bits per heavy atom. The van der Waals surface area contributed by atoms with E-state index in [4.69, 9.17) is 10.5 Å². The van der Waals surface area contributed by atoms with Gasteiger partial charge in [0.1, 0.15) is 0 Å². The van der Waals surface area contributed by atoms with Crippen LogP contribution >= 0.6 is 27.3 Å². The second-order valence-electron chi connectivity index (χ2n) is 2.88. The van der Waals surface area contributed by atoms with Gasteiger partial charge in [-0.3, -0.25) is 0 Å². The average Bonchev–Trinajstić information content (AvgIpc) is 2.62. The van der Waals surface area contributed by atoms with E-state index in [1.54, 1.807) is 18.4 Å². The van der Waals surface area contributed by atoms with Gasteiger partial charge < -0.3 is 15.8 Å². The second kappa shape index (κ2) is 6.81. The minimum absolute atomic E-state index is 0.453. The zero-order valence-electron chi connectivity index (χ0n) is 8.50. The molecule has 6 heteroatoms. The Morgan fingerprint density at radius 2 is 2.53 bits per heavy atom. The second-order valence-corrected chi connectivity index (χ2v) is 5.17. The van der Waals surface area contributed by atoms with Crippen molar-refractivity contribution in [3.05, 3.63) is 20.8 Å². The zero-order chi connectivity index (χ0) is 11.1.